The van der Waals surface area contributed by atoms with Crippen molar-refractivity contribution in [3.05, 3.63) is 71.3 Å². The van der Waals surface area contributed by atoms with Gasteiger partial charge in [0.2, 0.25) is 0 Å². The smallest absolute Gasteiger partial charge is 0.309 e. The maximum absolute atomic E-state index is 12.0. The number of esters is 1. The molecule has 6 heteroatoms. The predicted molar refractivity (Wildman–Crippen MR) is 127 cm³/mol. The highest BCUT2D eigenvalue weighted by atomic mass is 16.5. The van der Waals surface area contributed by atoms with Crippen LogP contribution in [0.1, 0.15) is 43.4 Å². The summed E-state index contributed by atoms with van der Waals surface area (Å²) in [5, 5.41) is 3.40. The lowest BCUT2D eigenvalue weighted by molar-refractivity contribution is -0.149. The van der Waals surface area contributed by atoms with Crippen molar-refractivity contribution < 1.29 is 14.3 Å². The molecule has 1 N–H and O–H groups in total. The standard InChI is InChI=1S/C26H35N3O3/c1-3-27-26(29-16-14-22(15-17-29)25(30)32-4-2)28-18-23-12-8-9-13-24(23)20-31-19-21-10-6-5-7-11-21/h5-13,22H,3-4,14-20H2,1-2H3,(H,27,28). The minimum absolute atomic E-state index is 0.00318. The summed E-state index contributed by atoms with van der Waals surface area (Å²) >= 11 is 0. The normalized spacial score (nSPS) is 14.9. The molecule has 0 aromatic heterocycles. The van der Waals surface area contributed by atoms with Crippen molar-refractivity contribution in [1.29, 1.82) is 0 Å². The Kier molecular flexibility index (Phi) is 9.57. The molecule has 0 atom stereocenters. The number of nitrogens with zero attached hydrogens (tertiary/aromatic N) is 2. The fourth-order valence-corrected chi connectivity index (χ4v) is 3.88. The summed E-state index contributed by atoms with van der Waals surface area (Å²) in [6.45, 7) is 8.52. The van der Waals surface area contributed by atoms with Gasteiger partial charge in [-0.3, -0.25) is 4.79 Å². The number of aliphatic imine (C=N–C) groups is 1. The van der Waals surface area contributed by atoms with E-state index in [-0.39, 0.29) is 11.9 Å². The van der Waals surface area contributed by atoms with Crippen LogP contribution in [0.3, 0.4) is 0 Å². The van der Waals surface area contributed by atoms with E-state index in [9.17, 15) is 4.79 Å². The number of nitrogens with one attached hydrogen (secondary N) is 1. The lowest BCUT2D eigenvalue weighted by Gasteiger charge is -2.33. The molecule has 1 aliphatic rings. The van der Waals surface area contributed by atoms with Crippen molar-refractivity contribution in [2.24, 2.45) is 10.9 Å². The molecular formula is C26H35N3O3. The molecular weight excluding hydrogens is 402 g/mol. The number of hydrogen-bond acceptors (Lipinski definition) is 4. The fourth-order valence-electron chi connectivity index (χ4n) is 3.88. The lowest BCUT2D eigenvalue weighted by Crippen LogP contribution is -2.46. The van der Waals surface area contributed by atoms with Crippen molar-refractivity contribution in [1.82, 2.24) is 10.2 Å². The zero-order chi connectivity index (χ0) is 22.6. The zero-order valence-corrected chi connectivity index (χ0v) is 19.3. The van der Waals surface area contributed by atoms with E-state index in [0.29, 0.717) is 26.4 Å². The van der Waals surface area contributed by atoms with Gasteiger partial charge in [0.15, 0.2) is 5.96 Å². The van der Waals surface area contributed by atoms with Gasteiger partial charge in [-0.05, 0) is 43.4 Å². The second-order valence-electron chi connectivity index (χ2n) is 7.93. The molecule has 32 heavy (non-hydrogen) atoms. The highest BCUT2D eigenvalue weighted by Gasteiger charge is 2.27. The zero-order valence-electron chi connectivity index (χ0n) is 19.3. The van der Waals surface area contributed by atoms with Crippen molar-refractivity contribution in [3.8, 4) is 0 Å². The Morgan fingerprint density at radius 3 is 2.38 bits per heavy atom. The average Bonchev–Trinajstić information content (AvgIpc) is 2.83. The molecule has 2 aromatic carbocycles. The van der Waals surface area contributed by atoms with Crippen LogP contribution in [0.15, 0.2) is 59.6 Å². The number of guanidine groups is 1. The predicted octanol–water partition coefficient (Wildman–Crippen LogP) is 4.14. The fraction of sp³-hybridized carbons (Fsp3) is 0.462. The van der Waals surface area contributed by atoms with Crippen LogP contribution in [0.2, 0.25) is 0 Å². The Hall–Kier alpha value is -2.86. The van der Waals surface area contributed by atoms with Crippen LogP contribution in [-0.2, 0) is 34.0 Å². The van der Waals surface area contributed by atoms with Crippen LogP contribution in [0.25, 0.3) is 0 Å². The molecule has 1 aliphatic heterocycles. The first-order valence-electron chi connectivity index (χ1n) is 11.6. The van der Waals surface area contributed by atoms with Crippen molar-refractivity contribution in [2.45, 2.75) is 46.4 Å². The Morgan fingerprint density at radius 1 is 1.00 bits per heavy atom. The SMILES string of the molecule is CCNC(=NCc1ccccc1COCc1ccccc1)N1CCC(C(=O)OCC)CC1. The molecule has 1 heterocycles. The quantitative estimate of drug-likeness (QED) is 0.363. The number of benzene rings is 2. The molecule has 2 aromatic rings. The van der Waals surface area contributed by atoms with Gasteiger partial charge in [0.25, 0.3) is 0 Å². The third kappa shape index (κ3) is 7.09. The molecule has 0 aliphatic carbocycles. The van der Waals surface area contributed by atoms with E-state index in [0.717, 1.165) is 49.6 Å². The minimum Gasteiger partial charge on any atom is -0.466 e. The minimum atomic E-state index is -0.0708. The number of ether oxygens (including phenoxy) is 2. The van der Waals surface area contributed by atoms with Gasteiger partial charge in [0.1, 0.15) is 0 Å². The van der Waals surface area contributed by atoms with Crippen LogP contribution in [0.5, 0.6) is 0 Å². The number of rotatable bonds is 9. The molecule has 0 saturated carbocycles. The van der Waals surface area contributed by atoms with Gasteiger partial charge in [0.05, 0.1) is 32.3 Å². The summed E-state index contributed by atoms with van der Waals surface area (Å²) in [5.41, 5.74) is 3.49. The first-order chi connectivity index (χ1) is 15.7. The summed E-state index contributed by atoms with van der Waals surface area (Å²) in [7, 11) is 0. The first-order valence-corrected chi connectivity index (χ1v) is 11.6. The van der Waals surface area contributed by atoms with Crippen LogP contribution in [-0.4, -0.2) is 43.1 Å². The van der Waals surface area contributed by atoms with Gasteiger partial charge in [-0.15, -0.1) is 0 Å². The number of carbonyl (C=O) groups excluding carboxylic acids is 1. The molecule has 0 radical (unpaired) electrons. The molecule has 1 fully saturated rings. The van der Waals surface area contributed by atoms with Crippen LogP contribution >= 0.6 is 0 Å². The number of hydrogen-bond donors (Lipinski definition) is 1. The molecule has 3 rings (SSSR count). The van der Waals surface area contributed by atoms with E-state index in [4.69, 9.17) is 14.5 Å². The largest absolute Gasteiger partial charge is 0.466 e. The Morgan fingerprint density at radius 2 is 1.69 bits per heavy atom. The summed E-state index contributed by atoms with van der Waals surface area (Å²) in [6, 6.07) is 18.5. The molecule has 0 amide bonds. The number of piperidine rings is 1. The van der Waals surface area contributed by atoms with Gasteiger partial charge in [0, 0.05) is 19.6 Å². The third-order valence-electron chi connectivity index (χ3n) is 5.64. The molecule has 0 unspecified atom stereocenters. The van der Waals surface area contributed by atoms with Gasteiger partial charge in [-0.2, -0.15) is 0 Å². The maximum atomic E-state index is 12.0. The van der Waals surface area contributed by atoms with Crippen molar-refractivity contribution in [2.75, 3.05) is 26.2 Å². The molecule has 6 nitrogen and oxygen atoms in total. The Labute approximate surface area is 191 Å². The van der Waals surface area contributed by atoms with Crippen molar-refractivity contribution >= 4 is 11.9 Å². The number of likely N-dealkylation sites (tertiary alicyclic amines) is 1. The van der Waals surface area contributed by atoms with Crippen LogP contribution in [0.4, 0.5) is 0 Å². The topological polar surface area (TPSA) is 63.2 Å². The number of carbonyl (C=O) groups is 1. The average molecular weight is 438 g/mol. The third-order valence-corrected chi connectivity index (χ3v) is 5.64. The Balaban J connectivity index is 1.58. The lowest BCUT2D eigenvalue weighted by atomic mass is 9.97. The molecule has 0 bridgehead atoms. The highest BCUT2D eigenvalue weighted by molar-refractivity contribution is 5.80. The first kappa shape index (κ1) is 23.8. The molecule has 1 saturated heterocycles. The second kappa shape index (κ2) is 12.9. The summed E-state index contributed by atoms with van der Waals surface area (Å²) < 4.78 is 11.1. The summed E-state index contributed by atoms with van der Waals surface area (Å²) in [4.78, 5) is 19.2. The van der Waals surface area contributed by atoms with Gasteiger partial charge in [-0.25, -0.2) is 4.99 Å². The van der Waals surface area contributed by atoms with E-state index in [1.165, 1.54) is 5.56 Å². The van der Waals surface area contributed by atoms with Gasteiger partial charge >= 0.3 is 5.97 Å². The Bertz CT molecular complexity index is 862. The van der Waals surface area contributed by atoms with E-state index in [1.54, 1.807) is 0 Å². The van der Waals surface area contributed by atoms with Gasteiger partial charge in [-0.1, -0.05) is 54.6 Å². The van der Waals surface area contributed by atoms with E-state index < -0.39 is 0 Å². The maximum Gasteiger partial charge on any atom is 0.309 e. The van der Waals surface area contributed by atoms with Crippen LogP contribution < -0.4 is 5.32 Å². The van der Waals surface area contributed by atoms with E-state index in [1.807, 2.05) is 37.3 Å². The van der Waals surface area contributed by atoms with E-state index in [2.05, 4.69) is 41.4 Å². The van der Waals surface area contributed by atoms with E-state index >= 15 is 0 Å². The van der Waals surface area contributed by atoms with Gasteiger partial charge < -0.3 is 19.7 Å². The summed E-state index contributed by atoms with van der Waals surface area (Å²) in [6.07, 6.45) is 1.60. The monoisotopic (exact) mass is 437 g/mol. The highest BCUT2D eigenvalue weighted by Crippen LogP contribution is 2.19. The van der Waals surface area contributed by atoms with Crippen LogP contribution in [0, 0.1) is 5.92 Å². The molecule has 0 spiro atoms. The molecule has 172 valence electrons. The second-order valence-corrected chi connectivity index (χ2v) is 7.93. The van der Waals surface area contributed by atoms with Crippen molar-refractivity contribution in [3.63, 3.8) is 0 Å². The summed E-state index contributed by atoms with van der Waals surface area (Å²) in [5.74, 6) is 0.824.